The number of H-pyrrole nitrogens is 1. The number of oxazole rings is 1. The Bertz CT molecular complexity index is 2480. The van der Waals surface area contributed by atoms with E-state index in [0.29, 0.717) is 30.4 Å². The Morgan fingerprint density at radius 3 is 2.22 bits per heavy atom. The average Bonchev–Trinajstić information content (AvgIpc) is 4.06. The number of imidazole rings is 1. The molecule has 2 aromatic heterocycles. The first-order chi connectivity index (χ1) is 28.5. The molecule has 304 valence electrons. The third-order valence-electron chi connectivity index (χ3n) is 12.3. The molecule has 12 heteroatoms. The summed E-state index contributed by atoms with van der Waals surface area (Å²) in [5.41, 5.74) is 6.43. The Morgan fingerprint density at radius 1 is 0.864 bits per heavy atom. The highest BCUT2D eigenvalue weighted by Crippen LogP contribution is 2.38. The molecule has 2 aliphatic heterocycles. The summed E-state index contributed by atoms with van der Waals surface area (Å²) < 4.78 is 6.12. The number of amides is 4. The second-order valence-electron chi connectivity index (χ2n) is 16.5. The van der Waals surface area contributed by atoms with E-state index in [9.17, 15) is 14.4 Å². The van der Waals surface area contributed by atoms with E-state index in [1.165, 1.54) is 0 Å². The van der Waals surface area contributed by atoms with Crippen molar-refractivity contribution < 1.29 is 23.3 Å². The number of nitrogens with one attached hydrogen (secondary N) is 2. The molecular weight excluding hydrogens is 741 g/mol. The van der Waals surface area contributed by atoms with Gasteiger partial charge in [-0.1, -0.05) is 66.7 Å². The summed E-state index contributed by atoms with van der Waals surface area (Å²) in [7, 11) is 7.65. The number of rotatable bonds is 10. The van der Waals surface area contributed by atoms with E-state index in [1.54, 1.807) is 6.20 Å². The number of benzene rings is 4. The SMILES string of the molecule is Cc1c(NC(=O)[N+]2(C(=O)[C@@H](c3ccccc3)N(C)C)CCC[C@H]2C)cccc1-c1ncc(-c2ccc3nc([C@@H]4CCCN4C(=O)[C@@H](c4ccccc4)N(C)C)[nH]c3c2)o1. The Labute approximate surface area is 345 Å². The normalized spacial score (nSPS) is 20.4. The molecule has 4 heterocycles. The molecule has 0 radical (unpaired) electrons. The van der Waals surface area contributed by atoms with Gasteiger partial charge in [-0.15, -0.1) is 0 Å². The van der Waals surface area contributed by atoms with Gasteiger partial charge in [0.05, 0.1) is 29.8 Å². The number of quaternary nitrogens is 1. The van der Waals surface area contributed by atoms with Crippen LogP contribution in [0.5, 0.6) is 0 Å². The van der Waals surface area contributed by atoms with Gasteiger partial charge in [-0.25, -0.2) is 19.6 Å². The number of hydrogen-bond acceptors (Lipinski definition) is 8. The zero-order valence-electron chi connectivity index (χ0n) is 34.7. The molecule has 6 aromatic rings. The minimum Gasteiger partial charge on any atom is -0.436 e. The van der Waals surface area contributed by atoms with Crippen LogP contribution in [-0.2, 0) is 9.59 Å². The van der Waals surface area contributed by atoms with Crippen molar-refractivity contribution in [3.8, 4) is 22.8 Å². The summed E-state index contributed by atoms with van der Waals surface area (Å²) in [5, 5.41) is 3.16. The molecule has 0 spiro atoms. The maximum absolute atomic E-state index is 14.6. The minimum absolute atomic E-state index is 0.0687. The number of carbonyl (C=O) groups excluding carboxylic acids is 3. The first kappa shape index (κ1) is 39.9. The highest BCUT2D eigenvalue weighted by molar-refractivity contribution is 5.96. The Morgan fingerprint density at radius 2 is 1.56 bits per heavy atom. The van der Waals surface area contributed by atoms with Crippen LogP contribution in [0.25, 0.3) is 33.8 Å². The molecule has 4 aromatic carbocycles. The molecule has 2 N–H and O–H groups in total. The number of aromatic amines is 1. The summed E-state index contributed by atoms with van der Waals surface area (Å²) in [4.78, 5) is 62.0. The van der Waals surface area contributed by atoms with Crippen LogP contribution in [0.2, 0.25) is 0 Å². The number of likely N-dealkylation sites (tertiary alicyclic amines) is 2. The molecule has 59 heavy (non-hydrogen) atoms. The van der Waals surface area contributed by atoms with Crippen molar-refractivity contribution in [3.63, 3.8) is 0 Å². The lowest BCUT2D eigenvalue weighted by molar-refractivity contribution is -0.783. The maximum atomic E-state index is 14.6. The summed E-state index contributed by atoms with van der Waals surface area (Å²) in [6.07, 6.45) is 5.00. The van der Waals surface area contributed by atoms with Gasteiger partial charge in [0.1, 0.15) is 17.9 Å². The Kier molecular flexibility index (Phi) is 11.1. The fourth-order valence-corrected chi connectivity index (χ4v) is 9.18. The summed E-state index contributed by atoms with van der Waals surface area (Å²) in [6, 6.07) is 29.5. The van der Waals surface area contributed by atoms with E-state index >= 15 is 0 Å². The van der Waals surface area contributed by atoms with Crippen molar-refractivity contribution in [2.45, 2.75) is 63.7 Å². The van der Waals surface area contributed by atoms with Crippen molar-refractivity contribution in [1.29, 1.82) is 0 Å². The first-order valence-corrected chi connectivity index (χ1v) is 20.5. The standard InChI is InChI=1S/C47H52N8O4/c1-30-16-15-27-55(30,46(57)42(53(5)6)33-19-11-8-12-20-33)47(58)51-36-22-13-21-35(31(36)2)44-48-29-40(59-44)34-24-25-37-38(28-34)50-43(49-37)39-23-14-26-54(39)45(56)41(52(3)4)32-17-9-7-10-18-32/h7-13,17-22,24-25,28-30,39,41-42H,14-16,23,26-27H2,1-6H3,(H-,49,50,51,58)/p+1/t30-,39+,41-,42-,55?/m1/s1. The van der Waals surface area contributed by atoms with Gasteiger partial charge in [-0.2, -0.15) is 4.48 Å². The number of likely N-dealkylation sites (N-methyl/N-ethyl adjacent to an activating group) is 2. The molecule has 2 saturated heterocycles. The first-order valence-electron chi connectivity index (χ1n) is 20.5. The monoisotopic (exact) mass is 793 g/mol. The number of nitrogens with zero attached hydrogens (tertiary/aromatic N) is 6. The summed E-state index contributed by atoms with van der Waals surface area (Å²) in [6.45, 7) is 5.04. The van der Waals surface area contributed by atoms with Crippen molar-refractivity contribution in [3.05, 3.63) is 126 Å². The van der Waals surface area contributed by atoms with Crippen LogP contribution in [0, 0.1) is 6.92 Å². The number of urea groups is 1. The minimum atomic E-state index is -0.574. The molecule has 5 atom stereocenters. The van der Waals surface area contributed by atoms with E-state index in [-0.39, 0.29) is 40.5 Å². The fourth-order valence-electron chi connectivity index (χ4n) is 9.18. The average molecular weight is 794 g/mol. The van der Waals surface area contributed by atoms with Gasteiger partial charge in [0.2, 0.25) is 11.8 Å². The second kappa shape index (κ2) is 16.4. The number of fused-ring (bicyclic) bond motifs is 1. The largest absolute Gasteiger partial charge is 0.436 e. The molecular formula is C47H53N8O4+. The van der Waals surface area contributed by atoms with E-state index in [0.717, 1.165) is 70.4 Å². The fraction of sp³-hybridized carbons (Fsp3) is 0.340. The molecule has 2 fully saturated rings. The number of hydrogen-bond donors (Lipinski definition) is 2. The Hall–Kier alpha value is -5.95. The molecule has 0 saturated carbocycles. The lowest BCUT2D eigenvalue weighted by Gasteiger charge is -2.37. The van der Waals surface area contributed by atoms with Gasteiger partial charge < -0.3 is 14.3 Å². The van der Waals surface area contributed by atoms with Gasteiger partial charge in [-0.05, 0) is 102 Å². The van der Waals surface area contributed by atoms with Crippen molar-refractivity contribution >= 4 is 34.6 Å². The lowest BCUT2D eigenvalue weighted by Crippen LogP contribution is -2.63. The van der Waals surface area contributed by atoms with Crippen LogP contribution < -0.4 is 5.32 Å². The summed E-state index contributed by atoms with van der Waals surface area (Å²) in [5.74, 6) is 1.70. The Balaban J connectivity index is 1.02. The number of aromatic nitrogens is 3. The van der Waals surface area contributed by atoms with Crippen molar-refractivity contribution in [2.75, 3.05) is 46.6 Å². The molecule has 12 nitrogen and oxygen atoms in total. The third kappa shape index (κ3) is 7.37. The highest BCUT2D eigenvalue weighted by Gasteiger charge is 2.55. The number of carbonyl (C=O) groups is 3. The third-order valence-corrected chi connectivity index (χ3v) is 12.3. The molecule has 1 unspecified atom stereocenters. The van der Waals surface area contributed by atoms with Crippen LogP contribution in [0.3, 0.4) is 0 Å². The molecule has 8 rings (SSSR count). The van der Waals surface area contributed by atoms with Crippen LogP contribution in [0.4, 0.5) is 10.5 Å². The van der Waals surface area contributed by atoms with Crippen LogP contribution >= 0.6 is 0 Å². The maximum Gasteiger partial charge on any atom is 0.428 e. The van der Waals surface area contributed by atoms with Gasteiger partial charge in [0.25, 0.3) is 0 Å². The molecule has 2 aliphatic rings. The smallest absolute Gasteiger partial charge is 0.428 e. The molecule has 0 bridgehead atoms. The predicted molar refractivity (Wildman–Crippen MR) is 229 cm³/mol. The zero-order chi connectivity index (χ0) is 41.4. The second-order valence-corrected chi connectivity index (χ2v) is 16.5. The van der Waals surface area contributed by atoms with Gasteiger partial charge >= 0.3 is 11.9 Å². The zero-order valence-corrected chi connectivity index (χ0v) is 34.7. The number of anilines is 1. The number of imide groups is 1. The van der Waals surface area contributed by atoms with E-state index in [2.05, 4.69) is 15.3 Å². The van der Waals surface area contributed by atoms with Crippen LogP contribution in [-0.4, -0.2) is 99.3 Å². The quantitative estimate of drug-likeness (QED) is 0.132. The van der Waals surface area contributed by atoms with Crippen molar-refractivity contribution in [2.24, 2.45) is 0 Å². The lowest BCUT2D eigenvalue weighted by atomic mass is 10.0. The van der Waals surface area contributed by atoms with E-state index in [4.69, 9.17) is 9.40 Å². The van der Waals surface area contributed by atoms with Gasteiger partial charge in [0.15, 0.2) is 11.8 Å². The topological polar surface area (TPSA) is 128 Å². The van der Waals surface area contributed by atoms with Crippen LogP contribution in [0.15, 0.2) is 108 Å². The molecule has 4 amide bonds. The highest BCUT2D eigenvalue weighted by atomic mass is 16.4. The van der Waals surface area contributed by atoms with E-state index < -0.39 is 6.04 Å². The predicted octanol–water partition coefficient (Wildman–Crippen LogP) is 8.52. The van der Waals surface area contributed by atoms with Crippen LogP contribution in [0.1, 0.15) is 73.2 Å². The van der Waals surface area contributed by atoms with Gasteiger partial charge in [0, 0.05) is 36.2 Å². The summed E-state index contributed by atoms with van der Waals surface area (Å²) >= 11 is 0. The van der Waals surface area contributed by atoms with Gasteiger partial charge in [-0.3, -0.25) is 19.9 Å². The van der Waals surface area contributed by atoms with E-state index in [1.807, 2.05) is 154 Å². The van der Waals surface area contributed by atoms with Crippen molar-refractivity contribution in [1.82, 2.24) is 29.7 Å². The molecule has 0 aliphatic carbocycles.